The molecule has 0 heterocycles. The molecule has 0 radical (unpaired) electrons. The molecule has 1 amide bonds. The Labute approximate surface area is 175 Å². The standard InChI is InChI=1S/C17H12BrF4NO6S/c18-7-3-8(19)5-9(4-7)29-12-1-2-13(30(27,28)17(20,21)22)15-11(24)6-10(14(12)15)23-16(25)26/h1-5,10-11,23-24H,6H2,(H,25,26)/t10-,11+/m0/s1. The normalized spacial score (nSPS) is 18.7. The quantitative estimate of drug-likeness (QED) is 0.521. The first kappa shape index (κ1) is 22.3. The zero-order valence-corrected chi connectivity index (χ0v) is 17.0. The average Bonchev–Trinajstić information content (AvgIpc) is 2.89. The van der Waals surface area contributed by atoms with Crippen molar-refractivity contribution >= 4 is 31.9 Å². The van der Waals surface area contributed by atoms with Crippen molar-refractivity contribution in [1.82, 2.24) is 5.32 Å². The molecule has 0 aliphatic heterocycles. The zero-order chi connectivity index (χ0) is 22.4. The van der Waals surface area contributed by atoms with Crippen LogP contribution in [-0.2, 0) is 9.84 Å². The summed E-state index contributed by atoms with van der Waals surface area (Å²) in [7, 11) is -5.85. The van der Waals surface area contributed by atoms with Crippen molar-refractivity contribution in [2.75, 3.05) is 0 Å². The molecule has 0 bridgehead atoms. The minimum absolute atomic E-state index is 0.0917. The molecule has 1 aliphatic rings. The van der Waals surface area contributed by atoms with Crippen LogP contribution in [0.4, 0.5) is 22.4 Å². The van der Waals surface area contributed by atoms with E-state index in [0.29, 0.717) is 6.07 Å². The Morgan fingerprint density at radius 1 is 1.20 bits per heavy atom. The van der Waals surface area contributed by atoms with Crippen LogP contribution in [-0.4, -0.2) is 30.2 Å². The van der Waals surface area contributed by atoms with Crippen LogP contribution in [0, 0.1) is 5.82 Å². The van der Waals surface area contributed by atoms with Crippen molar-refractivity contribution in [2.45, 2.75) is 29.0 Å². The average molecular weight is 514 g/mol. The van der Waals surface area contributed by atoms with Crippen molar-refractivity contribution in [2.24, 2.45) is 0 Å². The minimum Gasteiger partial charge on any atom is -0.465 e. The molecule has 0 aromatic heterocycles. The van der Waals surface area contributed by atoms with Crippen molar-refractivity contribution in [3.63, 3.8) is 0 Å². The van der Waals surface area contributed by atoms with E-state index in [1.165, 1.54) is 6.07 Å². The number of fused-ring (bicyclic) bond motifs is 1. The third-order valence-corrected chi connectivity index (χ3v) is 6.31. The molecule has 2 aromatic rings. The van der Waals surface area contributed by atoms with Crippen molar-refractivity contribution in [1.29, 1.82) is 0 Å². The monoisotopic (exact) mass is 513 g/mol. The Morgan fingerprint density at radius 3 is 2.43 bits per heavy atom. The summed E-state index contributed by atoms with van der Waals surface area (Å²) in [6.45, 7) is 0. The molecular formula is C17H12BrF4NO6S. The molecule has 162 valence electrons. The summed E-state index contributed by atoms with van der Waals surface area (Å²) in [5.41, 5.74) is -6.55. The molecule has 0 saturated heterocycles. The number of sulfone groups is 1. The van der Waals surface area contributed by atoms with Crippen LogP contribution in [0.2, 0.25) is 0 Å². The lowest BCUT2D eigenvalue weighted by atomic mass is 10.1. The second kappa shape index (κ2) is 7.71. The van der Waals surface area contributed by atoms with E-state index in [0.717, 1.165) is 18.2 Å². The summed E-state index contributed by atoms with van der Waals surface area (Å²) >= 11 is 3.05. The Hall–Kier alpha value is -2.38. The summed E-state index contributed by atoms with van der Waals surface area (Å²) in [4.78, 5) is 9.88. The molecule has 0 fully saturated rings. The van der Waals surface area contributed by atoms with E-state index < -0.39 is 56.3 Å². The van der Waals surface area contributed by atoms with Crippen LogP contribution >= 0.6 is 15.9 Å². The molecular weight excluding hydrogens is 502 g/mol. The molecule has 7 nitrogen and oxygen atoms in total. The van der Waals surface area contributed by atoms with Crippen LogP contribution in [0.25, 0.3) is 0 Å². The fourth-order valence-corrected chi connectivity index (χ4v) is 4.68. The van der Waals surface area contributed by atoms with Gasteiger partial charge in [-0.2, -0.15) is 13.2 Å². The maximum Gasteiger partial charge on any atom is 0.501 e. The molecule has 0 spiro atoms. The molecule has 30 heavy (non-hydrogen) atoms. The van der Waals surface area contributed by atoms with Gasteiger partial charge in [-0.1, -0.05) is 15.9 Å². The second-order valence-corrected chi connectivity index (χ2v) is 9.12. The Kier molecular flexibility index (Phi) is 5.73. The first-order valence-electron chi connectivity index (χ1n) is 8.11. The van der Waals surface area contributed by atoms with Gasteiger partial charge in [0.05, 0.1) is 17.0 Å². The number of hydrogen-bond acceptors (Lipinski definition) is 5. The highest BCUT2D eigenvalue weighted by Gasteiger charge is 2.50. The predicted molar refractivity (Wildman–Crippen MR) is 97.3 cm³/mol. The van der Waals surface area contributed by atoms with Gasteiger partial charge in [0, 0.05) is 28.1 Å². The van der Waals surface area contributed by atoms with E-state index >= 15 is 0 Å². The number of carbonyl (C=O) groups is 1. The van der Waals surface area contributed by atoms with Crippen LogP contribution in [0.3, 0.4) is 0 Å². The largest absolute Gasteiger partial charge is 0.501 e. The van der Waals surface area contributed by atoms with Crippen LogP contribution in [0.1, 0.15) is 29.7 Å². The number of benzene rings is 2. The summed E-state index contributed by atoms with van der Waals surface area (Å²) in [6, 6.07) is 3.66. The van der Waals surface area contributed by atoms with Gasteiger partial charge in [0.1, 0.15) is 17.3 Å². The smallest absolute Gasteiger partial charge is 0.465 e. The van der Waals surface area contributed by atoms with Gasteiger partial charge in [0.2, 0.25) is 0 Å². The second-order valence-electron chi connectivity index (χ2n) is 6.30. The molecule has 0 unspecified atom stereocenters. The Bertz CT molecular complexity index is 1100. The van der Waals surface area contributed by atoms with Crippen LogP contribution in [0.15, 0.2) is 39.7 Å². The highest BCUT2D eigenvalue weighted by Crippen LogP contribution is 2.49. The first-order valence-corrected chi connectivity index (χ1v) is 10.4. The Morgan fingerprint density at radius 2 is 1.87 bits per heavy atom. The summed E-state index contributed by atoms with van der Waals surface area (Å²) < 4.78 is 82.7. The molecule has 3 rings (SSSR count). The highest BCUT2D eigenvalue weighted by molar-refractivity contribution is 9.10. The van der Waals surface area contributed by atoms with Gasteiger partial charge in [-0.15, -0.1) is 0 Å². The molecule has 2 aromatic carbocycles. The fraction of sp³-hybridized carbons (Fsp3) is 0.235. The number of ether oxygens (including phenoxy) is 1. The summed E-state index contributed by atoms with van der Waals surface area (Å²) in [5, 5.41) is 21.3. The number of amides is 1. The van der Waals surface area contributed by atoms with Gasteiger partial charge in [0.15, 0.2) is 0 Å². The van der Waals surface area contributed by atoms with E-state index in [4.69, 9.17) is 9.84 Å². The van der Waals surface area contributed by atoms with Gasteiger partial charge in [-0.05, 0) is 24.3 Å². The van der Waals surface area contributed by atoms with Crippen molar-refractivity contribution in [3.8, 4) is 11.5 Å². The molecule has 3 N–H and O–H groups in total. The molecule has 13 heteroatoms. The number of alkyl halides is 3. The third kappa shape index (κ3) is 4.09. The SMILES string of the molecule is O=C(O)N[C@H]1C[C@@H](O)c2c(S(=O)(=O)C(F)(F)F)ccc(Oc3cc(F)cc(Br)c3)c21. The topological polar surface area (TPSA) is 113 Å². The number of rotatable bonds is 4. The van der Waals surface area contributed by atoms with Gasteiger partial charge in [0.25, 0.3) is 9.84 Å². The van der Waals surface area contributed by atoms with Crippen LogP contribution < -0.4 is 10.1 Å². The van der Waals surface area contributed by atoms with E-state index in [1.807, 2.05) is 5.32 Å². The van der Waals surface area contributed by atoms with E-state index in [2.05, 4.69) is 15.9 Å². The number of carboxylic acid groups (broad SMARTS) is 1. The van der Waals surface area contributed by atoms with Gasteiger partial charge in [-0.3, -0.25) is 0 Å². The number of halogens is 5. The van der Waals surface area contributed by atoms with Crippen molar-refractivity contribution in [3.05, 3.63) is 51.7 Å². The highest BCUT2D eigenvalue weighted by atomic mass is 79.9. The maximum atomic E-state index is 13.6. The molecule has 2 atom stereocenters. The lowest BCUT2D eigenvalue weighted by Gasteiger charge is -2.19. The first-order chi connectivity index (χ1) is 13.8. The van der Waals surface area contributed by atoms with Gasteiger partial charge < -0.3 is 20.3 Å². The maximum absolute atomic E-state index is 13.6. The third-order valence-electron chi connectivity index (χ3n) is 4.30. The van der Waals surface area contributed by atoms with Gasteiger partial charge in [-0.25, -0.2) is 17.6 Å². The number of aliphatic hydroxyl groups excluding tert-OH is 1. The zero-order valence-electron chi connectivity index (χ0n) is 14.6. The van der Waals surface area contributed by atoms with E-state index in [-0.39, 0.29) is 21.5 Å². The Balaban J connectivity index is 2.21. The lowest BCUT2D eigenvalue weighted by Crippen LogP contribution is -2.26. The number of nitrogens with one attached hydrogen (secondary N) is 1. The fourth-order valence-electron chi connectivity index (χ4n) is 3.20. The predicted octanol–water partition coefficient (Wildman–Crippen LogP) is 4.42. The van der Waals surface area contributed by atoms with Crippen LogP contribution in [0.5, 0.6) is 11.5 Å². The summed E-state index contributed by atoms with van der Waals surface area (Å²) in [5.74, 6) is -1.03. The van der Waals surface area contributed by atoms with E-state index in [1.54, 1.807) is 0 Å². The number of aliphatic hydroxyl groups is 1. The van der Waals surface area contributed by atoms with E-state index in [9.17, 15) is 35.9 Å². The minimum atomic E-state index is -5.85. The molecule has 0 saturated carbocycles. The van der Waals surface area contributed by atoms with Gasteiger partial charge >= 0.3 is 11.6 Å². The lowest BCUT2D eigenvalue weighted by molar-refractivity contribution is -0.0437. The molecule has 1 aliphatic carbocycles. The summed E-state index contributed by atoms with van der Waals surface area (Å²) in [6.07, 6.45) is -3.69. The number of hydrogen-bond donors (Lipinski definition) is 3. The van der Waals surface area contributed by atoms with Crippen molar-refractivity contribution < 1.29 is 45.7 Å².